The smallest absolute Gasteiger partial charge is 0.262 e. The number of imidazole rings is 1. The lowest BCUT2D eigenvalue weighted by atomic mass is 10.1. The largest absolute Gasteiger partial charge is 0.495 e. The van der Waals surface area contributed by atoms with E-state index >= 15 is 0 Å². The number of fused-ring (bicyclic) bond motifs is 1. The molecule has 0 saturated heterocycles. The summed E-state index contributed by atoms with van der Waals surface area (Å²) in [5, 5.41) is 0. The second kappa shape index (κ2) is 7.01. The molecule has 0 saturated carbocycles. The number of nitrogens with one attached hydrogen (secondary N) is 1. The summed E-state index contributed by atoms with van der Waals surface area (Å²) in [5.41, 5.74) is 3.84. The van der Waals surface area contributed by atoms with Gasteiger partial charge in [0, 0.05) is 18.0 Å². The summed E-state index contributed by atoms with van der Waals surface area (Å²) in [6.07, 6.45) is 3.86. The summed E-state index contributed by atoms with van der Waals surface area (Å²) in [5.74, 6) is 0.433. The molecule has 1 N–H and O–H groups in total. The van der Waals surface area contributed by atoms with Crippen LogP contribution in [0.15, 0.2) is 78.0 Å². The lowest BCUT2D eigenvalue weighted by Gasteiger charge is -2.13. The fourth-order valence-corrected chi connectivity index (χ4v) is 4.06. The summed E-state index contributed by atoms with van der Waals surface area (Å²) in [6, 6.07) is 17.5. The number of pyridine rings is 1. The molecule has 4 rings (SSSR count). The zero-order chi connectivity index (χ0) is 19.7. The zero-order valence-electron chi connectivity index (χ0n) is 15.5. The molecule has 0 amide bonds. The number of rotatable bonds is 5. The minimum absolute atomic E-state index is 0.186. The van der Waals surface area contributed by atoms with Gasteiger partial charge < -0.3 is 9.14 Å². The van der Waals surface area contributed by atoms with E-state index in [2.05, 4.69) is 9.71 Å². The number of nitrogens with zero attached hydrogens (tertiary/aromatic N) is 2. The Kier molecular flexibility index (Phi) is 4.52. The van der Waals surface area contributed by atoms with Crippen LogP contribution in [0, 0.1) is 6.92 Å². The third-order valence-electron chi connectivity index (χ3n) is 4.41. The highest BCUT2D eigenvalue weighted by Crippen LogP contribution is 2.32. The maximum absolute atomic E-state index is 12.7. The number of ether oxygens (including phenoxy) is 1. The molecule has 6 nitrogen and oxygen atoms in total. The van der Waals surface area contributed by atoms with E-state index in [1.54, 1.807) is 42.5 Å². The molecule has 0 aliphatic carbocycles. The van der Waals surface area contributed by atoms with E-state index < -0.39 is 10.0 Å². The van der Waals surface area contributed by atoms with Gasteiger partial charge in [0.25, 0.3) is 10.0 Å². The van der Waals surface area contributed by atoms with Crippen molar-refractivity contribution in [2.75, 3.05) is 11.8 Å². The van der Waals surface area contributed by atoms with Gasteiger partial charge in [-0.05, 0) is 55.0 Å². The molecule has 0 spiro atoms. The molecule has 0 radical (unpaired) electrons. The molecule has 2 aromatic carbocycles. The van der Waals surface area contributed by atoms with Gasteiger partial charge in [0.2, 0.25) is 0 Å². The minimum atomic E-state index is -3.73. The van der Waals surface area contributed by atoms with Crippen LogP contribution in [0.4, 0.5) is 5.69 Å². The van der Waals surface area contributed by atoms with Crippen LogP contribution in [0.1, 0.15) is 5.56 Å². The summed E-state index contributed by atoms with van der Waals surface area (Å²) in [6.45, 7) is 2.01. The molecule has 142 valence electrons. The van der Waals surface area contributed by atoms with E-state index in [1.165, 1.54) is 7.11 Å². The van der Waals surface area contributed by atoms with Crippen molar-refractivity contribution in [2.24, 2.45) is 0 Å². The van der Waals surface area contributed by atoms with E-state index in [1.807, 2.05) is 41.9 Å². The van der Waals surface area contributed by atoms with Gasteiger partial charge in [-0.25, -0.2) is 13.4 Å². The van der Waals surface area contributed by atoms with E-state index in [0.29, 0.717) is 11.4 Å². The highest BCUT2D eigenvalue weighted by atomic mass is 32.2. The molecular formula is C21H19N3O3S. The number of sulfonamides is 1. The number of aromatic nitrogens is 2. The van der Waals surface area contributed by atoms with Gasteiger partial charge in [-0.15, -0.1) is 0 Å². The Balaban J connectivity index is 1.75. The van der Waals surface area contributed by atoms with Gasteiger partial charge in [-0.3, -0.25) is 4.72 Å². The molecular weight excluding hydrogens is 374 g/mol. The standard InChI is InChI=1S/C21H19N3O3S/c1-15-10-11-24-14-19(22-21(24)12-15)16-8-9-20(27-2)18(13-16)23-28(25,26)17-6-4-3-5-7-17/h3-14,23H,1-2H3. The first kappa shape index (κ1) is 18.1. The summed E-state index contributed by atoms with van der Waals surface area (Å²) in [4.78, 5) is 4.83. The van der Waals surface area contributed by atoms with Crippen molar-refractivity contribution in [2.45, 2.75) is 11.8 Å². The molecule has 0 unspecified atom stereocenters. The average molecular weight is 393 g/mol. The maximum atomic E-state index is 12.7. The number of hydrogen-bond donors (Lipinski definition) is 1. The maximum Gasteiger partial charge on any atom is 0.262 e. The summed E-state index contributed by atoms with van der Waals surface area (Å²) < 4.78 is 35.3. The monoisotopic (exact) mass is 393 g/mol. The first-order valence-electron chi connectivity index (χ1n) is 8.68. The molecule has 0 bridgehead atoms. The number of benzene rings is 2. The van der Waals surface area contributed by atoms with E-state index in [-0.39, 0.29) is 4.90 Å². The molecule has 0 aliphatic rings. The van der Waals surface area contributed by atoms with Crippen molar-refractivity contribution >= 4 is 21.4 Å². The Hall–Kier alpha value is -3.32. The fourth-order valence-electron chi connectivity index (χ4n) is 2.97. The summed E-state index contributed by atoms with van der Waals surface area (Å²) >= 11 is 0. The summed E-state index contributed by atoms with van der Waals surface area (Å²) in [7, 11) is -2.23. The normalized spacial score (nSPS) is 11.5. The van der Waals surface area contributed by atoms with Gasteiger partial charge in [-0.1, -0.05) is 18.2 Å². The zero-order valence-corrected chi connectivity index (χ0v) is 16.3. The molecule has 7 heteroatoms. The molecule has 2 heterocycles. The predicted molar refractivity (Wildman–Crippen MR) is 109 cm³/mol. The third kappa shape index (κ3) is 3.44. The fraction of sp³-hybridized carbons (Fsp3) is 0.0952. The van der Waals surface area contributed by atoms with E-state index in [0.717, 1.165) is 22.5 Å². The van der Waals surface area contributed by atoms with Crippen molar-refractivity contribution in [1.29, 1.82) is 0 Å². The first-order chi connectivity index (χ1) is 13.5. The molecule has 0 fully saturated rings. The van der Waals surface area contributed by atoms with Gasteiger partial charge in [-0.2, -0.15) is 0 Å². The Morgan fingerprint density at radius 1 is 1.04 bits per heavy atom. The van der Waals surface area contributed by atoms with E-state index in [9.17, 15) is 8.42 Å². The van der Waals surface area contributed by atoms with Crippen LogP contribution < -0.4 is 9.46 Å². The highest BCUT2D eigenvalue weighted by molar-refractivity contribution is 7.92. The van der Waals surface area contributed by atoms with Gasteiger partial charge in [0.15, 0.2) is 0 Å². The van der Waals surface area contributed by atoms with Crippen molar-refractivity contribution in [3.8, 4) is 17.0 Å². The van der Waals surface area contributed by atoms with Gasteiger partial charge >= 0.3 is 0 Å². The van der Waals surface area contributed by atoms with Crippen molar-refractivity contribution in [3.63, 3.8) is 0 Å². The Labute approximate surface area is 163 Å². The SMILES string of the molecule is COc1ccc(-c2cn3ccc(C)cc3n2)cc1NS(=O)(=O)c1ccccc1. The average Bonchev–Trinajstić information content (AvgIpc) is 3.11. The van der Waals surface area contributed by atoms with Gasteiger partial charge in [0.05, 0.1) is 23.4 Å². The lowest BCUT2D eigenvalue weighted by molar-refractivity contribution is 0.417. The second-order valence-corrected chi connectivity index (χ2v) is 8.11. The number of methoxy groups -OCH3 is 1. The molecule has 0 aliphatic heterocycles. The van der Waals surface area contributed by atoms with Crippen LogP contribution in [0.5, 0.6) is 5.75 Å². The predicted octanol–water partition coefficient (Wildman–Crippen LogP) is 4.12. The van der Waals surface area contributed by atoms with Crippen molar-refractivity contribution in [1.82, 2.24) is 9.38 Å². The molecule has 2 aromatic heterocycles. The number of anilines is 1. The minimum Gasteiger partial charge on any atom is -0.495 e. The highest BCUT2D eigenvalue weighted by Gasteiger charge is 2.17. The number of aryl methyl sites for hydroxylation is 1. The Morgan fingerprint density at radius 2 is 1.82 bits per heavy atom. The Morgan fingerprint density at radius 3 is 2.57 bits per heavy atom. The Bertz CT molecular complexity index is 1250. The van der Waals surface area contributed by atoms with Crippen LogP contribution in [0.2, 0.25) is 0 Å². The molecule has 28 heavy (non-hydrogen) atoms. The third-order valence-corrected chi connectivity index (χ3v) is 5.79. The number of hydrogen-bond acceptors (Lipinski definition) is 4. The molecule has 4 aromatic rings. The topological polar surface area (TPSA) is 72.7 Å². The van der Waals surface area contributed by atoms with E-state index in [4.69, 9.17) is 4.74 Å². The second-order valence-electron chi connectivity index (χ2n) is 6.43. The van der Waals surface area contributed by atoms with Crippen LogP contribution >= 0.6 is 0 Å². The first-order valence-corrected chi connectivity index (χ1v) is 10.2. The van der Waals surface area contributed by atoms with Crippen LogP contribution in [0.25, 0.3) is 16.9 Å². The van der Waals surface area contributed by atoms with Crippen LogP contribution in [-0.4, -0.2) is 24.9 Å². The van der Waals surface area contributed by atoms with Crippen molar-refractivity contribution < 1.29 is 13.2 Å². The quantitative estimate of drug-likeness (QED) is 0.554. The van der Waals surface area contributed by atoms with Crippen LogP contribution in [-0.2, 0) is 10.0 Å². The molecule has 0 atom stereocenters. The van der Waals surface area contributed by atoms with Gasteiger partial charge in [0.1, 0.15) is 11.4 Å². The van der Waals surface area contributed by atoms with Crippen molar-refractivity contribution in [3.05, 3.63) is 78.6 Å². The lowest BCUT2D eigenvalue weighted by Crippen LogP contribution is -2.13. The van der Waals surface area contributed by atoms with Crippen LogP contribution in [0.3, 0.4) is 0 Å².